The van der Waals surface area contributed by atoms with Crippen LogP contribution in [0, 0.1) is 11.3 Å². The Morgan fingerprint density at radius 3 is 2.37 bits per heavy atom. The van der Waals surface area contributed by atoms with Crippen LogP contribution in [0.15, 0.2) is 11.6 Å². The van der Waals surface area contributed by atoms with Gasteiger partial charge in [-0.1, -0.05) is 62.2 Å². The lowest BCUT2D eigenvalue weighted by Gasteiger charge is -2.45. The van der Waals surface area contributed by atoms with Gasteiger partial charge in [0.15, 0.2) is 8.32 Å². The number of halogens is 1. The summed E-state index contributed by atoms with van der Waals surface area (Å²) in [6.07, 6.45) is 3.51. The first-order valence-corrected chi connectivity index (χ1v) is 11.2. The van der Waals surface area contributed by atoms with Gasteiger partial charge in [0.1, 0.15) is 0 Å². The van der Waals surface area contributed by atoms with Crippen molar-refractivity contribution in [2.24, 2.45) is 11.3 Å². The molecule has 0 saturated heterocycles. The summed E-state index contributed by atoms with van der Waals surface area (Å²) in [5.74, 6) is 0.528. The third kappa shape index (κ3) is 3.73. The smallest absolute Gasteiger partial charge is 0.192 e. The molecule has 0 unspecified atom stereocenters. The molecule has 0 heterocycles. The lowest BCUT2D eigenvalue weighted by Crippen LogP contribution is -2.45. The van der Waals surface area contributed by atoms with Gasteiger partial charge in [0.05, 0.1) is 0 Å². The maximum atomic E-state index is 6.46. The third-order valence-electron chi connectivity index (χ3n) is 5.32. The molecule has 0 fully saturated rings. The predicted octanol–water partition coefficient (Wildman–Crippen LogP) is 5.76. The second-order valence-corrected chi connectivity index (χ2v) is 14.0. The second kappa shape index (κ2) is 5.65. The van der Waals surface area contributed by atoms with Gasteiger partial charge in [-0.25, -0.2) is 0 Å². The zero-order valence-corrected chi connectivity index (χ0v) is 16.5. The van der Waals surface area contributed by atoms with E-state index in [1.165, 1.54) is 5.57 Å². The summed E-state index contributed by atoms with van der Waals surface area (Å²) in [6.45, 7) is 19.5. The van der Waals surface area contributed by atoms with Crippen LogP contribution in [0.25, 0.3) is 0 Å². The molecule has 112 valence electrons. The van der Waals surface area contributed by atoms with Crippen LogP contribution in [-0.2, 0) is 4.43 Å². The molecule has 0 aromatic carbocycles. The van der Waals surface area contributed by atoms with E-state index < -0.39 is 8.32 Å². The van der Waals surface area contributed by atoms with Crippen molar-refractivity contribution in [2.75, 3.05) is 6.61 Å². The van der Waals surface area contributed by atoms with Crippen molar-refractivity contribution in [2.45, 2.75) is 70.9 Å². The molecule has 0 spiro atoms. The Hall–Kier alpha value is 0.397. The molecule has 3 heteroatoms. The first-order valence-electron chi connectivity index (χ1n) is 7.34. The molecule has 1 aliphatic carbocycles. The third-order valence-corrected chi connectivity index (χ3v) is 11.4. The van der Waals surface area contributed by atoms with Gasteiger partial charge in [-0.2, -0.15) is 0 Å². The van der Waals surface area contributed by atoms with Crippen molar-refractivity contribution in [1.82, 2.24) is 0 Å². The Bertz CT molecular complexity index is 352. The highest BCUT2D eigenvalue weighted by Gasteiger charge is 2.42. The standard InChI is InChI=1S/C16H31BrOSi/c1-12-9-10-14(17)16(5,6)13(12)11-18-19(7,8)15(2,3)4/h9,13-14H,10-11H2,1-8H3/t13-,14+/m0/s1. The zero-order valence-electron chi connectivity index (χ0n) is 13.9. The van der Waals surface area contributed by atoms with Crippen molar-refractivity contribution in [3.05, 3.63) is 11.6 Å². The summed E-state index contributed by atoms with van der Waals surface area (Å²) in [4.78, 5) is 0.553. The molecule has 0 N–H and O–H groups in total. The Kier molecular flexibility index (Phi) is 5.19. The highest BCUT2D eigenvalue weighted by atomic mass is 79.9. The molecule has 0 aliphatic heterocycles. The van der Waals surface area contributed by atoms with Gasteiger partial charge in [-0.15, -0.1) is 0 Å². The molecule has 1 nitrogen and oxygen atoms in total. The van der Waals surface area contributed by atoms with Crippen LogP contribution >= 0.6 is 15.9 Å². The molecule has 19 heavy (non-hydrogen) atoms. The summed E-state index contributed by atoms with van der Waals surface area (Å²) in [5, 5.41) is 0.289. The summed E-state index contributed by atoms with van der Waals surface area (Å²) in [7, 11) is -1.65. The number of hydrogen-bond donors (Lipinski definition) is 0. The van der Waals surface area contributed by atoms with E-state index in [9.17, 15) is 0 Å². The molecule has 0 aromatic heterocycles. The van der Waals surface area contributed by atoms with E-state index in [1.54, 1.807) is 0 Å². The Balaban J connectivity index is 2.81. The van der Waals surface area contributed by atoms with Crippen LogP contribution in [-0.4, -0.2) is 19.8 Å². The average Bonchev–Trinajstić information content (AvgIpc) is 2.22. The van der Waals surface area contributed by atoms with Gasteiger partial charge in [0, 0.05) is 17.4 Å². The fourth-order valence-electron chi connectivity index (χ4n) is 2.39. The number of allylic oxidation sites excluding steroid dienone is 1. The number of hydrogen-bond acceptors (Lipinski definition) is 1. The first-order chi connectivity index (χ1) is 8.39. The summed E-state index contributed by atoms with van der Waals surface area (Å²) < 4.78 is 6.46. The quantitative estimate of drug-likeness (QED) is 0.358. The molecule has 1 aliphatic rings. The van der Waals surface area contributed by atoms with Gasteiger partial charge < -0.3 is 4.43 Å². The van der Waals surface area contributed by atoms with Crippen LogP contribution in [0.5, 0.6) is 0 Å². The lowest BCUT2D eigenvalue weighted by atomic mass is 9.69. The van der Waals surface area contributed by atoms with Gasteiger partial charge in [0.2, 0.25) is 0 Å². The Labute approximate surface area is 129 Å². The van der Waals surface area contributed by atoms with E-state index in [1.807, 2.05) is 0 Å². The monoisotopic (exact) mass is 346 g/mol. The minimum Gasteiger partial charge on any atom is -0.416 e. The highest BCUT2D eigenvalue weighted by molar-refractivity contribution is 9.09. The highest BCUT2D eigenvalue weighted by Crippen LogP contribution is 2.46. The van der Waals surface area contributed by atoms with Crippen molar-refractivity contribution >= 4 is 24.2 Å². The SMILES string of the molecule is CC1=CC[C@@H](Br)C(C)(C)[C@H]1CO[Si](C)(C)C(C)(C)C. The predicted molar refractivity (Wildman–Crippen MR) is 91.5 cm³/mol. The van der Waals surface area contributed by atoms with Gasteiger partial charge in [-0.3, -0.25) is 0 Å². The Morgan fingerprint density at radius 2 is 1.89 bits per heavy atom. The van der Waals surface area contributed by atoms with Crippen LogP contribution < -0.4 is 0 Å². The molecular weight excluding hydrogens is 316 g/mol. The van der Waals surface area contributed by atoms with Crippen molar-refractivity contribution in [1.29, 1.82) is 0 Å². The summed E-state index contributed by atoms with van der Waals surface area (Å²) >= 11 is 3.85. The van der Waals surface area contributed by atoms with Crippen LogP contribution in [0.1, 0.15) is 48.0 Å². The fraction of sp³-hybridized carbons (Fsp3) is 0.875. The topological polar surface area (TPSA) is 9.23 Å². The first kappa shape index (κ1) is 17.4. The molecule has 0 aromatic rings. The van der Waals surface area contributed by atoms with E-state index in [0.29, 0.717) is 10.7 Å². The second-order valence-electron chi connectivity index (χ2n) is 8.10. The number of rotatable bonds is 3. The molecule has 0 bridgehead atoms. The summed E-state index contributed by atoms with van der Waals surface area (Å²) in [5.41, 5.74) is 1.76. The van der Waals surface area contributed by atoms with Crippen molar-refractivity contribution in [3.63, 3.8) is 0 Å². The van der Waals surface area contributed by atoms with Crippen molar-refractivity contribution < 1.29 is 4.43 Å². The molecular formula is C16H31BrOSi. The minimum absolute atomic E-state index is 0.265. The average molecular weight is 347 g/mol. The van der Waals surface area contributed by atoms with Crippen LogP contribution in [0.3, 0.4) is 0 Å². The van der Waals surface area contributed by atoms with E-state index in [4.69, 9.17) is 4.43 Å². The van der Waals surface area contributed by atoms with Gasteiger partial charge >= 0.3 is 0 Å². The minimum atomic E-state index is -1.65. The fourth-order valence-corrected chi connectivity index (χ4v) is 3.92. The maximum absolute atomic E-state index is 6.46. The van der Waals surface area contributed by atoms with Crippen LogP contribution in [0.2, 0.25) is 18.1 Å². The largest absolute Gasteiger partial charge is 0.416 e. The summed E-state index contributed by atoms with van der Waals surface area (Å²) in [6, 6.07) is 0. The zero-order chi connectivity index (χ0) is 15.1. The van der Waals surface area contributed by atoms with E-state index in [2.05, 4.69) is 76.6 Å². The molecule has 0 amide bonds. The van der Waals surface area contributed by atoms with Gasteiger partial charge in [0.25, 0.3) is 0 Å². The van der Waals surface area contributed by atoms with E-state index in [-0.39, 0.29) is 10.5 Å². The maximum Gasteiger partial charge on any atom is 0.192 e. The number of alkyl halides is 1. The van der Waals surface area contributed by atoms with E-state index >= 15 is 0 Å². The van der Waals surface area contributed by atoms with E-state index in [0.717, 1.165) is 13.0 Å². The molecule has 2 atom stereocenters. The van der Waals surface area contributed by atoms with Gasteiger partial charge in [-0.05, 0) is 36.9 Å². The molecule has 0 saturated carbocycles. The molecule has 0 radical (unpaired) electrons. The molecule has 1 rings (SSSR count). The normalized spacial score (nSPS) is 28.2. The van der Waals surface area contributed by atoms with Crippen molar-refractivity contribution in [3.8, 4) is 0 Å². The lowest BCUT2D eigenvalue weighted by molar-refractivity contribution is 0.139. The Morgan fingerprint density at radius 1 is 1.37 bits per heavy atom. The van der Waals surface area contributed by atoms with Crippen LogP contribution in [0.4, 0.5) is 0 Å².